The second-order valence-electron chi connectivity index (χ2n) is 7.55. The number of fused-ring (bicyclic) bond motifs is 2. The molecule has 1 aromatic rings. The molecule has 2 fully saturated rings. The Labute approximate surface area is 159 Å². The molecule has 142 valence electrons. The molecule has 5 atom stereocenters. The molecule has 0 aliphatic carbocycles. The molecule has 2 bridgehead atoms. The highest BCUT2D eigenvalue weighted by atomic mass is 35.5. The van der Waals surface area contributed by atoms with Crippen molar-refractivity contribution in [3.8, 4) is 0 Å². The van der Waals surface area contributed by atoms with E-state index in [1.165, 1.54) is 7.11 Å². The van der Waals surface area contributed by atoms with Gasteiger partial charge in [-0.2, -0.15) is 0 Å². The van der Waals surface area contributed by atoms with Crippen LogP contribution in [0.4, 0.5) is 0 Å². The number of methoxy groups -OCH3 is 1. The van der Waals surface area contributed by atoms with Crippen molar-refractivity contribution in [1.29, 1.82) is 0 Å². The maximum absolute atomic E-state index is 12.7. The van der Waals surface area contributed by atoms with Gasteiger partial charge in [-0.05, 0) is 24.6 Å². The third-order valence-corrected chi connectivity index (χ3v) is 6.56. The van der Waals surface area contributed by atoms with Gasteiger partial charge in [-0.15, -0.1) is 0 Å². The van der Waals surface area contributed by atoms with E-state index in [4.69, 9.17) is 21.1 Å². The van der Waals surface area contributed by atoms with Crippen LogP contribution in [0.2, 0.25) is 5.02 Å². The van der Waals surface area contributed by atoms with Crippen molar-refractivity contribution in [2.75, 3.05) is 27.3 Å². The van der Waals surface area contributed by atoms with Gasteiger partial charge in [0.2, 0.25) is 0 Å². The smallest absolute Gasteiger partial charge is 0.361 e. The van der Waals surface area contributed by atoms with Gasteiger partial charge >= 0.3 is 11.9 Å². The molecule has 2 aliphatic heterocycles. The van der Waals surface area contributed by atoms with Crippen molar-refractivity contribution < 1.29 is 23.5 Å². The highest BCUT2D eigenvalue weighted by molar-refractivity contribution is 6.30. The average Bonchev–Trinajstić information content (AvgIpc) is 2.80. The lowest BCUT2D eigenvalue weighted by Crippen LogP contribution is -2.64. The third-order valence-electron chi connectivity index (χ3n) is 6.31. The fourth-order valence-corrected chi connectivity index (χ4v) is 5.20. The average molecular weight is 381 g/mol. The number of hydrogen-bond donors (Lipinski definition) is 0. The Morgan fingerprint density at radius 3 is 2.54 bits per heavy atom. The molecule has 0 N–H and O–H groups in total. The lowest BCUT2D eigenvalue weighted by molar-refractivity contribution is -0.945. The number of hydrogen-bond acceptors (Lipinski definition) is 4. The van der Waals surface area contributed by atoms with Crippen LogP contribution >= 0.6 is 11.6 Å². The Morgan fingerprint density at radius 2 is 1.92 bits per heavy atom. The molecule has 26 heavy (non-hydrogen) atoms. The Balaban J connectivity index is 1.94. The van der Waals surface area contributed by atoms with Crippen LogP contribution in [0, 0.1) is 5.92 Å². The first kappa shape index (κ1) is 19.2. The van der Waals surface area contributed by atoms with Gasteiger partial charge < -0.3 is 14.0 Å². The van der Waals surface area contributed by atoms with E-state index in [-0.39, 0.29) is 29.8 Å². The molecule has 2 saturated heterocycles. The Hall–Kier alpha value is -1.59. The van der Waals surface area contributed by atoms with Crippen LogP contribution < -0.4 is 0 Å². The maximum Gasteiger partial charge on any atom is 0.361 e. The van der Waals surface area contributed by atoms with Gasteiger partial charge in [0.15, 0.2) is 6.54 Å². The first-order valence-electron chi connectivity index (χ1n) is 9.24. The van der Waals surface area contributed by atoms with Gasteiger partial charge in [0.25, 0.3) is 0 Å². The number of nitrogens with zero attached hydrogens (tertiary/aromatic N) is 1. The first-order chi connectivity index (χ1) is 12.4. The van der Waals surface area contributed by atoms with Gasteiger partial charge in [-0.3, -0.25) is 4.79 Å². The Kier molecular flexibility index (Phi) is 5.58. The fraction of sp³-hybridized carbons (Fsp3) is 0.600. The lowest BCUT2D eigenvalue weighted by Gasteiger charge is -2.49. The van der Waals surface area contributed by atoms with E-state index in [1.54, 1.807) is 0 Å². The molecule has 2 heterocycles. The summed E-state index contributed by atoms with van der Waals surface area (Å²) in [5.41, 5.74) is 1.11. The topological polar surface area (TPSA) is 52.6 Å². The van der Waals surface area contributed by atoms with Crippen LogP contribution in [0.15, 0.2) is 24.3 Å². The highest BCUT2D eigenvalue weighted by Crippen LogP contribution is 2.50. The van der Waals surface area contributed by atoms with Crippen LogP contribution in [0.1, 0.15) is 37.7 Å². The summed E-state index contributed by atoms with van der Waals surface area (Å²) in [6, 6.07) is 8.15. The SMILES string of the molecule is CCOC(=O)C[N+]1(C)C2CC[C@@H]1C[C@H](c1ccc(Cl)cc1)C2C(=O)OC. The summed E-state index contributed by atoms with van der Waals surface area (Å²) >= 11 is 6.03. The van der Waals surface area contributed by atoms with E-state index in [1.807, 2.05) is 31.2 Å². The van der Waals surface area contributed by atoms with Crippen molar-refractivity contribution >= 4 is 23.5 Å². The molecular formula is C20H27ClNO4+. The second kappa shape index (κ2) is 7.57. The zero-order chi connectivity index (χ0) is 18.9. The largest absolute Gasteiger partial charge is 0.469 e. The molecule has 0 amide bonds. The van der Waals surface area contributed by atoms with Crippen LogP contribution in [-0.4, -0.2) is 55.8 Å². The van der Waals surface area contributed by atoms with Crippen molar-refractivity contribution in [2.45, 2.75) is 44.2 Å². The summed E-state index contributed by atoms with van der Waals surface area (Å²) in [6.45, 7) is 2.50. The minimum Gasteiger partial charge on any atom is -0.469 e. The molecule has 0 aromatic heterocycles. The maximum atomic E-state index is 12.7. The van der Waals surface area contributed by atoms with E-state index in [9.17, 15) is 9.59 Å². The molecular weight excluding hydrogens is 354 g/mol. The van der Waals surface area contributed by atoms with Crippen molar-refractivity contribution in [2.24, 2.45) is 5.92 Å². The summed E-state index contributed by atoms with van der Waals surface area (Å²) in [5, 5.41) is 0.685. The molecule has 3 rings (SSSR count). The normalized spacial score (nSPS) is 32.9. The van der Waals surface area contributed by atoms with E-state index in [2.05, 4.69) is 7.05 Å². The number of carbonyl (C=O) groups excluding carboxylic acids is 2. The number of quaternary nitrogens is 1. The van der Waals surface area contributed by atoms with Crippen molar-refractivity contribution in [3.05, 3.63) is 34.9 Å². The fourth-order valence-electron chi connectivity index (χ4n) is 5.08. The number of ether oxygens (including phenoxy) is 2. The molecule has 0 saturated carbocycles. The zero-order valence-corrected chi connectivity index (χ0v) is 16.4. The second-order valence-corrected chi connectivity index (χ2v) is 7.99. The van der Waals surface area contributed by atoms with E-state index >= 15 is 0 Å². The third kappa shape index (κ3) is 3.35. The van der Waals surface area contributed by atoms with Gasteiger partial charge in [0.1, 0.15) is 12.0 Å². The molecule has 2 aliphatic rings. The molecule has 6 heteroatoms. The summed E-state index contributed by atoms with van der Waals surface area (Å²) in [5.74, 6) is -0.561. The van der Waals surface area contributed by atoms with Gasteiger partial charge in [-0.1, -0.05) is 23.7 Å². The molecule has 0 spiro atoms. The highest BCUT2D eigenvalue weighted by Gasteiger charge is 2.60. The van der Waals surface area contributed by atoms with Crippen molar-refractivity contribution in [3.63, 3.8) is 0 Å². The first-order valence-corrected chi connectivity index (χ1v) is 9.62. The van der Waals surface area contributed by atoms with Crippen LogP contribution in [0.5, 0.6) is 0 Å². The Bertz CT molecular complexity index is 677. The monoisotopic (exact) mass is 380 g/mol. The van der Waals surface area contributed by atoms with Gasteiger partial charge in [0, 0.05) is 30.2 Å². The number of likely N-dealkylation sites (N-methyl/N-ethyl adjacent to an activating group) is 1. The molecule has 5 nitrogen and oxygen atoms in total. The van der Waals surface area contributed by atoms with Crippen LogP contribution in [0.3, 0.4) is 0 Å². The number of esters is 2. The molecule has 0 radical (unpaired) electrons. The van der Waals surface area contributed by atoms with E-state index in [0.717, 1.165) is 24.8 Å². The standard InChI is InChI=1S/C20H27ClNO4/c1-4-26-18(23)12-22(2)15-9-10-17(22)19(20(24)25-3)16(11-15)13-5-7-14(21)8-6-13/h5-8,15-17,19H,4,9-12H2,1-3H3/q+1/t15-,16-,17?,19?,22?/m1/s1. The number of benzene rings is 1. The number of piperidine rings is 1. The number of halogens is 1. The van der Waals surface area contributed by atoms with E-state index < -0.39 is 0 Å². The minimum atomic E-state index is -0.264. The quantitative estimate of drug-likeness (QED) is 0.581. The zero-order valence-electron chi connectivity index (χ0n) is 15.6. The summed E-state index contributed by atoms with van der Waals surface area (Å²) in [7, 11) is 3.53. The van der Waals surface area contributed by atoms with Gasteiger partial charge in [-0.25, -0.2) is 4.79 Å². The molecule has 3 unspecified atom stereocenters. The summed E-state index contributed by atoms with van der Waals surface area (Å²) in [6.07, 6.45) is 2.79. The van der Waals surface area contributed by atoms with E-state index in [0.29, 0.717) is 28.7 Å². The summed E-state index contributed by atoms with van der Waals surface area (Å²) in [4.78, 5) is 24.9. The lowest BCUT2D eigenvalue weighted by atomic mass is 9.74. The van der Waals surface area contributed by atoms with Crippen molar-refractivity contribution in [1.82, 2.24) is 0 Å². The minimum absolute atomic E-state index is 0.0614. The van der Waals surface area contributed by atoms with Crippen LogP contribution in [-0.2, 0) is 19.1 Å². The predicted molar refractivity (Wildman–Crippen MR) is 98.8 cm³/mol. The van der Waals surface area contributed by atoms with Crippen LogP contribution in [0.25, 0.3) is 0 Å². The van der Waals surface area contributed by atoms with Gasteiger partial charge in [0.05, 0.1) is 26.8 Å². The number of carbonyl (C=O) groups is 2. The number of rotatable bonds is 5. The molecule has 1 aromatic carbocycles. The summed E-state index contributed by atoms with van der Waals surface area (Å²) < 4.78 is 10.9. The predicted octanol–water partition coefficient (Wildman–Crippen LogP) is 3.16. The Morgan fingerprint density at radius 1 is 1.23 bits per heavy atom.